The molecule has 2 N–H and O–H groups in total. The largest absolute Gasteiger partial charge is 0.377 e. The molecule has 5 heteroatoms. The number of nitrogens with zero attached hydrogens (tertiary/aromatic N) is 1. The van der Waals surface area contributed by atoms with E-state index in [4.69, 9.17) is 10.5 Å². The van der Waals surface area contributed by atoms with Crippen LogP contribution in [-0.4, -0.2) is 36.6 Å². The van der Waals surface area contributed by atoms with Crippen molar-refractivity contribution in [2.75, 3.05) is 19.7 Å². The first-order valence-electron chi connectivity index (χ1n) is 7.02. The Labute approximate surface area is 128 Å². The average Bonchev–Trinajstić information content (AvgIpc) is 2.42. The lowest BCUT2D eigenvalue weighted by Gasteiger charge is -2.36. The lowest BCUT2D eigenvalue weighted by molar-refractivity contribution is -0.125. The van der Waals surface area contributed by atoms with Crippen LogP contribution in [0.4, 0.5) is 0 Å². The number of carbonyl (C=O) groups excluding carboxylic acids is 1. The number of benzene rings is 1. The van der Waals surface area contributed by atoms with E-state index in [1.165, 1.54) is 0 Å². The summed E-state index contributed by atoms with van der Waals surface area (Å²) in [4.78, 5) is 14.0. The van der Waals surface area contributed by atoms with Gasteiger partial charge in [0.25, 0.3) is 0 Å². The topological polar surface area (TPSA) is 55.6 Å². The third-order valence-electron chi connectivity index (χ3n) is 3.63. The molecule has 1 heterocycles. The molecule has 2 rings (SSSR count). The minimum atomic E-state index is -0.369. The first-order valence-corrected chi connectivity index (χ1v) is 7.81. The van der Waals surface area contributed by atoms with Crippen molar-refractivity contribution in [3.8, 4) is 0 Å². The zero-order valence-electron chi connectivity index (χ0n) is 11.7. The van der Waals surface area contributed by atoms with E-state index < -0.39 is 0 Å². The molecule has 1 amide bonds. The van der Waals surface area contributed by atoms with Crippen molar-refractivity contribution < 1.29 is 9.53 Å². The van der Waals surface area contributed by atoms with Crippen LogP contribution in [-0.2, 0) is 9.53 Å². The van der Waals surface area contributed by atoms with E-state index in [2.05, 4.69) is 20.8 Å². The predicted molar refractivity (Wildman–Crippen MR) is 82.3 cm³/mol. The van der Waals surface area contributed by atoms with Gasteiger partial charge in [-0.1, -0.05) is 28.1 Å². The Kier molecular flexibility index (Phi) is 5.57. The highest BCUT2D eigenvalue weighted by atomic mass is 79.9. The van der Waals surface area contributed by atoms with E-state index in [0.717, 1.165) is 36.0 Å². The molecule has 1 aromatic carbocycles. The maximum absolute atomic E-state index is 11.9. The fourth-order valence-corrected chi connectivity index (χ4v) is 3.04. The van der Waals surface area contributed by atoms with Gasteiger partial charge in [0.15, 0.2) is 0 Å². The standard InChI is InChI=1S/C15H21BrN2O2/c1-2-20-13-4-3-9-18(10-13)14(15(17)19)11-5-7-12(16)8-6-11/h5-8,13-14H,2-4,9-10H2,1H3,(H2,17,19)/t13-,14-/m1/s1. The Hall–Kier alpha value is -0.910. The van der Waals surface area contributed by atoms with E-state index in [-0.39, 0.29) is 18.1 Å². The molecule has 0 unspecified atom stereocenters. The molecule has 0 aromatic heterocycles. The van der Waals surface area contributed by atoms with Crippen LogP contribution >= 0.6 is 15.9 Å². The third-order valence-corrected chi connectivity index (χ3v) is 4.16. The van der Waals surface area contributed by atoms with Crippen molar-refractivity contribution in [2.45, 2.75) is 31.9 Å². The Morgan fingerprint density at radius 1 is 1.50 bits per heavy atom. The highest BCUT2D eigenvalue weighted by Gasteiger charge is 2.30. The van der Waals surface area contributed by atoms with Crippen LogP contribution in [0.5, 0.6) is 0 Å². The fraction of sp³-hybridized carbons (Fsp3) is 0.533. The molecule has 0 bridgehead atoms. The Morgan fingerprint density at radius 2 is 2.20 bits per heavy atom. The SMILES string of the molecule is CCO[C@@H]1CCCN([C@@H](C(N)=O)c2ccc(Br)cc2)C1. The number of ether oxygens (including phenoxy) is 1. The Balaban J connectivity index is 2.16. The fourth-order valence-electron chi connectivity index (χ4n) is 2.77. The van der Waals surface area contributed by atoms with Gasteiger partial charge in [-0.25, -0.2) is 0 Å². The van der Waals surface area contributed by atoms with E-state index in [0.29, 0.717) is 6.61 Å². The molecule has 1 aromatic rings. The van der Waals surface area contributed by atoms with Gasteiger partial charge in [0, 0.05) is 17.6 Å². The summed E-state index contributed by atoms with van der Waals surface area (Å²) >= 11 is 3.41. The summed E-state index contributed by atoms with van der Waals surface area (Å²) in [5.74, 6) is -0.301. The van der Waals surface area contributed by atoms with Gasteiger partial charge in [-0.3, -0.25) is 9.69 Å². The number of hydrogen-bond acceptors (Lipinski definition) is 3. The monoisotopic (exact) mass is 340 g/mol. The maximum atomic E-state index is 11.9. The van der Waals surface area contributed by atoms with Crippen LogP contribution in [0.3, 0.4) is 0 Å². The van der Waals surface area contributed by atoms with Gasteiger partial charge in [0.05, 0.1) is 6.10 Å². The van der Waals surface area contributed by atoms with Crippen molar-refractivity contribution in [3.05, 3.63) is 34.3 Å². The molecule has 1 aliphatic heterocycles. The van der Waals surface area contributed by atoms with Crippen molar-refractivity contribution >= 4 is 21.8 Å². The van der Waals surface area contributed by atoms with Crippen LogP contribution in [0.2, 0.25) is 0 Å². The molecule has 1 fully saturated rings. The summed E-state index contributed by atoms with van der Waals surface area (Å²) in [6, 6.07) is 7.41. The van der Waals surface area contributed by atoms with Gasteiger partial charge in [-0.2, -0.15) is 0 Å². The number of carbonyl (C=O) groups is 1. The number of halogens is 1. The van der Waals surface area contributed by atoms with Gasteiger partial charge in [-0.15, -0.1) is 0 Å². The second-order valence-electron chi connectivity index (χ2n) is 5.07. The van der Waals surface area contributed by atoms with E-state index >= 15 is 0 Å². The van der Waals surface area contributed by atoms with Gasteiger partial charge < -0.3 is 10.5 Å². The molecule has 20 heavy (non-hydrogen) atoms. The molecule has 110 valence electrons. The number of likely N-dealkylation sites (tertiary alicyclic amines) is 1. The number of hydrogen-bond donors (Lipinski definition) is 1. The summed E-state index contributed by atoms with van der Waals surface area (Å²) in [6.45, 7) is 4.35. The minimum Gasteiger partial charge on any atom is -0.377 e. The van der Waals surface area contributed by atoms with Crippen LogP contribution in [0.25, 0.3) is 0 Å². The molecule has 0 spiro atoms. The molecule has 1 saturated heterocycles. The van der Waals surface area contributed by atoms with Gasteiger partial charge in [0.2, 0.25) is 5.91 Å². The molecule has 0 radical (unpaired) electrons. The number of amides is 1. The Morgan fingerprint density at radius 3 is 2.80 bits per heavy atom. The van der Waals surface area contributed by atoms with E-state index in [9.17, 15) is 4.79 Å². The van der Waals surface area contributed by atoms with Crippen molar-refractivity contribution in [2.24, 2.45) is 5.73 Å². The van der Waals surface area contributed by atoms with Gasteiger partial charge >= 0.3 is 0 Å². The summed E-state index contributed by atoms with van der Waals surface area (Å²) in [5, 5.41) is 0. The van der Waals surface area contributed by atoms with Crippen molar-refractivity contribution in [1.29, 1.82) is 0 Å². The second kappa shape index (κ2) is 7.20. The number of primary amides is 1. The molecule has 2 atom stereocenters. The first kappa shape index (κ1) is 15.5. The van der Waals surface area contributed by atoms with Crippen LogP contribution in [0.15, 0.2) is 28.7 Å². The molecule has 1 aliphatic rings. The first-order chi connectivity index (χ1) is 9.61. The molecular weight excluding hydrogens is 320 g/mol. The van der Waals surface area contributed by atoms with Crippen LogP contribution in [0.1, 0.15) is 31.4 Å². The van der Waals surface area contributed by atoms with Gasteiger partial charge in [0.1, 0.15) is 6.04 Å². The van der Waals surface area contributed by atoms with Crippen LogP contribution in [0, 0.1) is 0 Å². The van der Waals surface area contributed by atoms with E-state index in [1.54, 1.807) is 0 Å². The lowest BCUT2D eigenvalue weighted by Crippen LogP contribution is -2.46. The summed E-state index contributed by atoms with van der Waals surface area (Å²) < 4.78 is 6.69. The molecule has 0 aliphatic carbocycles. The molecular formula is C15H21BrN2O2. The zero-order chi connectivity index (χ0) is 14.5. The summed E-state index contributed by atoms with van der Waals surface area (Å²) in [7, 11) is 0. The Bertz CT molecular complexity index is 448. The number of nitrogens with two attached hydrogens (primary N) is 1. The summed E-state index contributed by atoms with van der Waals surface area (Å²) in [6.07, 6.45) is 2.28. The highest BCUT2D eigenvalue weighted by Crippen LogP contribution is 2.26. The smallest absolute Gasteiger partial charge is 0.239 e. The maximum Gasteiger partial charge on any atom is 0.239 e. The van der Waals surface area contributed by atoms with Crippen molar-refractivity contribution in [1.82, 2.24) is 4.90 Å². The lowest BCUT2D eigenvalue weighted by atomic mass is 10.00. The highest BCUT2D eigenvalue weighted by molar-refractivity contribution is 9.10. The van der Waals surface area contributed by atoms with Gasteiger partial charge in [-0.05, 0) is 44.0 Å². The van der Waals surface area contributed by atoms with Crippen molar-refractivity contribution in [3.63, 3.8) is 0 Å². The van der Waals surface area contributed by atoms with Crippen LogP contribution < -0.4 is 5.73 Å². The second-order valence-corrected chi connectivity index (χ2v) is 5.99. The average molecular weight is 341 g/mol. The zero-order valence-corrected chi connectivity index (χ0v) is 13.3. The normalized spacial score (nSPS) is 21.6. The molecule has 0 saturated carbocycles. The molecule has 4 nitrogen and oxygen atoms in total. The minimum absolute atomic E-state index is 0.200. The number of piperidine rings is 1. The van der Waals surface area contributed by atoms with E-state index in [1.807, 2.05) is 31.2 Å². The summed E-state index contributed by atoms with van der Waals surface area (Å²) in [5.41, 5.74) is 6.57. The predicted octanol–water partition coefficient (Wildman–Crippen LogP) is 2.48. The quantitative estimate of drug-likeness (QED) is 0.895. The number of rotatable bonds is 5. The third kappa shape index (κ3) is 3.81.